The smallest absolute Gasteiger partial charge is 0.226 e. The van der Waals surface area contributed by atoms with Crippen molar-refractivity contribution < 1.29 is 9.59 Å². The van der Waals surface area contributed by atoms with Crippen molar-refractivity contribution in [2.24, 2.45) is 0 Å². The number of hydrogen-bond acceptors (Lipinski definition) is 3. The molecule has 20 heavy (non-hydrogen) atoms. The molecule has 0 bridgehead atoms. The molecule has 0 saturated heterocycles. The van der Waals surface area contributed by atoms with Crippen LogP contribution in [0.25, 0.3) is 0 Å². The zero-order valence-corrected chi connectivity index (χ0v) is 11.4. The quantitative estimate of drug-likeness (QED) is 0.888. The molecule has 2 amide bonds. The summed E-state index contributed by atoms with van der Waals surface area (Å²) >= 11 is 0. The molecule has 0 radical (unpaired) electrons. The van der Waals surface area contributed by atoms with Crippen LogP contribution in [-0.4, -0.2) is 29.3 Å². The van der Waals surface area contributed by atoms with E-state index in [1.54, 1.807) is 29.2 Å². The Morgan fingerprint density at radius 3 is 2.80 bits per heavy atom. The van der Waals surface area contributed by atoms with E-state index >= 15 is 0 Å². The van der Waals surface area contributed by atoms with Crippen LogP contribution in [0.15, 0.2) is 24.3 Å². The second kappa shape index (κ2) is 6.20. The molecule has 1 fully saturated rings. The zero-order chi connectivity index (χ0) is 14.5. The summed E-state index contributed by atoms with van der Waals surface area (Å²) in [4.78, 5) is 25.0. The third-order valence-electron chi connectivity index (χ3n) is 3.25. The van der Waals surface area contributed by atoms with E-state index in [1.165, 1.54) is 6.92 Å². The summed E-state index contributed by atoms with van der Waals surface area (Å²) in [5, 5.41) is 11.5. The number of nitrogens with one attached hydrogen (secondary N) is 1. The Hall–Kier alpha value is -2.35. The Kier molecular flexibility index (Phi) is 4.36. The van der Waals surface area contributed by atoms with Crippen LogP contribution in [0.4, 0.5) is 5.69 Å². The Labute approximate surface area is 118 Å². The van der Waals surface area contributed by atoms with E-state index < -0.39 is 0 Å². The van der Waals surface area contributed by atoms with Gasteiger partial charge in [0, 0.05) is 31.6 Å². The fourth-order valence-electron chi connectivity index (χ4n) is 2.10. The number of benzene rings is 1. The van der Waals surface area contributed by atoms with Crippen molar-refractivity contribution >= 4 is 17.5 Å². The number of nitriles is 1. The average molecular weight is 271 g/mol. The summed E-state index contributed by atoms with van der Waals surface area (Å²) in [6.45, 7) is 1.98. The van der Waals surface area contributed by atoms with Gasteiger partial charge in [-0.3, -0.25) is 9.59 Å². The van der Waals surface area contributed by atoms with Gasteiger partial charge in [0.15, 0.2) is 0 Å². The summed E-state index contributed by atoms with van der Waals surface area (Å²) in [6, 6.07) is 9.11. The summed E-state index contributed by atoms with van der Waals surface area (Å²) in [5.41, 5.74) is 1.11. The first kappa shape index (κ1) is 14.1. The lowest BCUT2D eigenvalue weighted by Crippen LogP contribution is -2.33. The molecule has 1 aliphatic rings. The number of anilines is 1. The maximum absolute atomic E-state index is 11.9. The molecule has 0 unspecified atom stereocenters. The first-order valence-electron chi connectivity index (χ1n) is 6.67. The highest BCUT2D eigenvalue weighted by molar-refractivity contribution is 5.91. The molecule has 2 rings (SSSR count). The largest absolute Gasteiger partial charge is 0.339 e. The van der Waals surface area contributed by atoms with Gasteiger partial charge in [0.1, 0.15) is 0 Å². The fourth-order valence-corrected chi connectivity index (χ4v) is 2.10. The number of nitrogens with zero attached hydrogens (tertiary/aromatic N) is 2. The maximum atomic E-state index is 11.9. The van der Waals surface area contributed by atoms with Crippen LogP contribution in [0.5, 0.6) is 0 Å². The lowest BCUT2D eigenvalue weighted by molar-refractivity contribution is -0.129. The van der Waals surface area contributed by atoms with Crippen molar-refractivity contribution in [2.75, 3.05) is 11.9 Å². The van der Waals surface area contributed by atoms with Crippen LogP contribution in [-0.2, 0) is 9.59 Å². The minimum absolute atomic E-state index is 0.0202. The van der Waals surface area contributed by atoms with E-state index in [1.807, 2.05) is 6.07 Å². The molecule has 0 heterocycles. The molecule has 0 atom stereocenters. The second-order valence-electron chi connectivity index (χ2n) is 4.93. The van der Waals surface area contributed by atoms with Gasteiger partial charge in [0.2, 0.25) is 11.8 Å². The molecule has 1 saturated carbocycles. The zero-order valence-electron chi connectivity index (χ0n) is 11.4. The van der Waals surface area contributed by atoms with Crippen LogP contribution in [0, 0.1) is 11.3 Å². The second-order valence-corrected chi connectivity index (χ2v) is 4.93. The molecule has 0 aromatic heterocycles. The van der Waals surface area contributed by atoms with Gasteiger partial charge in [-0.1, -0.05) is 6.07 Å². The molecule has 5 nitrogen and oxygen atoms in total. The molecule has 0 spiro atoms. The van der Waals surface area contributed by atoms with Crippen LogP contribution < -0.4 is 5.32 Å². The molecule has 1 aromatic rings. The molecular formula is C15H17N3O2. The first-order chi connectivity index (χ1) is 9.60. The van der Waals surface area contributed by atoms with E-state index in [4.69, 9.17) is 5.26 Å². The molecule has 1 N–H and O–H groups in total. The van der Waals surface area contributed by atoms with Gasteiger partial charge in [0.05, 0.1) is 11.6 Å². The number of amides is 2. The van der Waals surface area contributed by atoms with Crippen LogP contribution in [0.2, 0.25) is 0 Å². The highest BCUT2D eigenvalue weighted by Gasteiger charge is 2.30. The number of rotatable bonds is 5. The summed E-state index contributed by atoms with van der Waals surface area (Å²) in [7, 11) is 0. The topological polar surface area (TPSA) is 73.2 Å². The highest BCUT2D eigenvalue weighted by atomic mass is 16.2. The summed E-state index contributed by atoms with van der Waals surface area (Å²) in [5.74, 6) is -0.126. The third kappa shape index (κ3) is 3.82. The van der Waals surface area contributed by atoms with Crippen LogP contribution in [0.3, 0.4) is 0 Å². The molecular weight excluding hydrogens is 254 g/mol. The van der Waals surface area contributed by atoms with Crippen molar-refractivity contribution in [2.45, 2.75) is 32.2 Å². The van der Waals surface area contributed by atoms with E-state index in [9.17, 15) is 9.59 Å². The Morgan fingerprint density at radius 1 is 1.45 bits per heavy atom. The van der Waals surface area contributed by atoms with Gasteiger partial charge in [-0.15, -0.1) is 0 Å². The highest BCUT2D eigenvalue weighted by Crippen LogP contribution is 2.26. The van der Waals surface area contributed by atoms with Gasteiger partial charge >= 0.3 is 0 Å². The fraction of sp³-hybridized carbons (Fsp3) is 0.400. The van der Waals surface area contributed by atoms with Gasteiger partial charge in [-0.2, -0.15) is 5.26 Å². The lowest BCUT2D eigenvalue weighted by atomic mass is 10.2. The Bertz CT molecular complexity index is 558. The van der Waals surface area contributed by atoms with Gasteiger partial charge in [-0.05, 0) is 31.0 Å². The monoisotopic (exact) mass is 271 g/mol. The van der Waals surface area contributed by atoms with Crippen LogP contribution in [0.1, 0.15) is 31.7 Å². The van der Waals surface area contributed by atoms with Crippen molar-refractivity contribution in [3.8, 4) is 6.07 Å². The van der Waals surface area contributed by atoms with Crippen molar-refractivity contribution in [3.63, 3.8) is 0 Å². The molecule has 0 aliphatic heterocycles. The van der Waals surface area contributed by atoms with Crippen molar-refractivity contribution in [3.05, 3.63) is 29.8 Å². The molecule has 1 aromatic carbocycles. The van der Waals surface area contributed by atoms with Crippen LogP contribution >= 0.6 is 0 Å². The summed E-state index contributed by atoms with van der Waals surface area (Å²) in [6.07, 6.45) is 2.34. The normalized spacial score (nSPS) is 13.4. The number of carbonyl (C=O) groups excluding carboxylic acids is 2. The Morgan fingerprint density at radius 2 is 2.20 bits per heavy atom. The average Bonchev–Trinajstić information content (AvgIpc) is 3.23. The first-order valence-corrected chi connectivity index (χ1v) is 6.67. The van der Waals surface area contributed by atoms with E-state index in [0.29, 0.717) is 23.8 Å². The maximum Gasteiger partial charge on any atom is 0.226 e. The lowest BCUT2D eigenvalue weighted by Gasteiger charge is -2.20. The number of hydrogen-bond donors (Lipinski definition) is 1. The molecule has 5 heteroatoms. The minimum atomic E-state index is -0.146. The number of carbonyl (C=O) groups is 2. The Balaban J connectivity index is 1.85. The van der Waals surface area contributed by atoms with Crippen molar-refractivity contribution in [1.82, 2.24) is 4.90 Å². The van der Waals surface area contributed by atoms with Crippen molar-refractivity contribution in [1.29, 1.82) is 5.26 Å². The molecule has 1 aliphatic carbocycles. The minimum Gasteiger partial charge on any atom is -0.339 e. The SMILES string of the molecule is CC(=O)N(CCC(=O)Nc1cccc(C#N)c1)C1CC1. The molecule has 104 valence electrons. The predicted molar refractivity (Wildman–Crippen MR) is 74.8 cm³/mol. The summed E-state index contributed by atoms with van der Waals surface area (Å²) < 4.78 is 0. The van der Waals surface area contributed by atoms with Gasteiger partial charge < -0.3 is 10.2 Å². The van der Waals surface area contributed by atoms with E-state index in [-0.39, 0.29) is 18.2 Å². The van der Waals surface area contributed by atoms with Gasteiger partial charge in [0.25, 0.3) is 0 Å². The standard InChI is InChI=1S/C15H17N3O2/c1-11(19)18(14-5-6-14)8-7-15(20)17-13-4-2-3-12(9-13)10-16/h2-4,9,14H,5-8H2,1H3,(H,17,20). The third-order valence-corrected chi connectivity index (χ3v) is 3.25. The van der Waals surface area contributed by atoms with Gasteiger partial charge in [-0.25, -0.2) is 0 Å². The predicted octanol–water partition coefficient (Wildman–Crippen LogP) is 1.90. The van der Waals surface area contributed by atoms with E-state index in [2.05, 4.69) is 5.32 Å². The van der Waals surface area contributed by atoms with E-state index in [0.717, 1.165) is 12.8 Å².